The number of aromatic nitrogens is 1. The fourth-order valence-electron chi connectivity index (χ4n) is 1.76. The minimum absolute atomic E-state index is 0.477. The van der Waals surface area contributed by atoms with Crippen molar-refractivity contribution in [1.29, 1.82) is 0 Å². The van der Waals surface area contributed by atoms with Crippen molar-refractivity contribution < 1.29 is 9.52 Å². The second kappa shape index (κ2) is 5.69. The predicted molar refractivity (Wildman–Crippen MR) is 70.3 cm³/mol. The van der Waals surface area contributed by atoms with Crippen LogP contribution in [-0.4, -0.2) is 17.1 Å². The number of hydrogen-bond donors (Lipinski definition) is 1. The van der Waals surface area contributed by atoms with E-state index < -0.39 is 6.10 Å². The second-order valence-electron chi connectivity index (χ2n) is 4.30. The molecule has 0 aromatic carbocycles. The topological polar surface area (TPSA) is 49.5 Å². The Labute approximate surface area is 107 Å². The van der Waals surface area contributed by atoms with Crippen molar-refractivity contribution in [2.45, 2.75) is 26.0 Å². The van der Waals surface area contributed by atoms with Gasteiger partial charge in [0, 0.05) is 7.05 Å². The lowest BCUT2D eigenvalue weighted by Gasteiger charge is -2.18. The van der Waals surface area contributed by atoms with Crippen molar-refractivity contribution >= 4 is 5.69 Å². The number of aliphatic hydroxyl groups is 1. The van der Waals surface area contributed by atoms with Crippen LogP contribution in [0.5, 0.6) is 0 Å². The number of aliphatic hydroxyl groups excluding tert-OH is 1. The molecule has 96 valence electrons. The van der Waals surface area contributed by atoms with Crippen LogP contribution in [0, 0.1) is 0 Å². The van der Waals surface area contributed by atoms with Crippen LogP contribution in [-0.2, 0) is 6.54 Å². The molecule has 0 saturated carbocycles. The summed E-state index contributed by atoms with van der Waals surface area (Å²) in [6, 6.07) is 7.65. The maximum Gasteiger partial charge on any atom is 0.123 e. The zero-order chi connectivity index (χ0) is 13.0. The predicted octanol–water partition coefficient (Wildman–Crippen LogP) is 2.75. The van der Waals surface area contributed by atoms with E-state index in [9.17, 15) is 5.11 Å². The molecule has 18 heavy (non-hydrogen) atoms. The van der Waals surface area contributed by atoms with Gasteiger partial charge in [0.15, 0.2) is 0 Å². The molecule has 0 bridgehead atoms. The Balaban J connectivity index is 2.04. The van der Waals surface area contributed by atoms with Crippen molar-refractivity contribution in [2.24, 2.45) is 0 Å². The molecule has 0 amide bonds. The number of rotatable bonds is 5. The van der Waals surface area contributed by atoms with E-state index in [1.807, 2.05) is 43.1 Å². The van der Waals surface area contributed by atoms with Crippen LogP contribution in [0.15, 0.2) is 41.1 Å². The quantitative estimate of drug-likeness (QED) is 0.881. The lowest BCUT2D eigenvalue weighted by molar-refractivity contribution is 0.169. The Kier molecular flexibility index (Phi) is 3.99. The minimum atomic E-state index is -0.477. The number of anilines is 1. The summed E-state index contributed by atoms with van der Waals surface area (Å²) in [5.41, 5.74) is 1.71. The first-order valence-corrected chi connectivity index (χ1v) is 6.08. The zero-order valence-corrected chi connectivity index (χ0v) is 10.7. The molecule has 4 heteroatoms. The average Bonchev–Trinajstić information content (AvgIpc) is 2.91. The van der Waals surface area contributed by atoms with Crippen molar-refractivity contribution in [1.82, 2.24) is 4.98 Å². The first-order valence-electron chi connectivity index (χ1n) is 6.08. The van der Waals surface area contributed by atoms with E-state index in [-0.39, 0.29) is 0 Å². The van der Waals surface area contributed by atoms with Gasteiger partial charge >= 0.3 is 0 Å². The smallest absolute Gasteiger partial charge is 0.123 e. The summed E-state index contributed by atoms with van der Waals surface area (Å²) in [7, 11) is 1.98. The summed E-state index contributed by atoms with van der Waals surface area (Å²) >= 11 is 0. The van der Waals surface area contributed by atoms with Crippen LogP contribution < -0.4 is 4.90 Å². The maximum atomic E-state index is 9.68. The van der Waals surface area contributed by atoms with E-state index >= 15 is 0 Å². The first kappa shape index (κ1) is 12.6. The minimum Gasteiger partial charge on any atom is -0.467 e. The third-order valence-corrected chi connectivity index (χ3v) is 2.91. The van der Waals surface area contributed by atoms with Crippen LogP contribution in [0.2, 0.25) is 0 Å². The molecule has 0 aliphatic rings. The third-order valence-electron chi connectivity index (χ3n) is 2.91. The Hall–Kier alpha value is -1.81. The maximum absolute atomic E-state index is 9.68. The largest absolute Gasteiger partial charge is 0.467 e. The fraction of sp³-hybridized carbons (Fsp3) is 0.357. The van der Waals surface area contributed by atoms with Gasteiger partial charge in [-0.3, -0.25) is 4.98 Å². The van der Waals surface area contributed by atoms with Gasteiger partial charge in [-0.15, -0.1) is 0 Å². The standard InChI is InChI=1S/C14H18N2O2/c1-3-14(17)13-7-6-11(9-15-13)16(2)10-12-5-4-8-18-12/h4-9,14,17H,3,10H2,1-2H3/t14-/m0/s1. The Morgan fingerprint density at radius 2 is 2.22 bits per heavy atom. The highest BCUT2D eigenvalue weighted by atomic mass is 16.3. The summed E-state index contributed by atoms with van der Waals surface area (Å²) in [6.45, 7) is 2.63. The molecule has 0 saturated heterocycles. The van der Waals surface area contributed by atoms with Gasteiger partial charge < -0.3 is 14.4 Å². The average molecular weight is 246 g/mol. The van der Waals surface area contributed by atoms with Gasteiger partial charge in [-0.1, -0.05) is 6.92 Å². The third kappa shape index (κ3) is 2.90. The first-order chi connectivity index (χ1) is 8.70. The molecular formula is C14H18N2O2. The lowest BCUT2D eigenvalue weighted by atomic mass is 10.2. The van der Waals surface area contributed by atoms with Gasteiger partial charge in [-0.05, 0) is 30.7 Å². The van der Waals surface area contributed by atoms with Crippen molar-refractivity contribution in [3.05, 3.63) is 48.2 Å². The van der Waals surface area contributed by atoms with E-state index in [2.05, 4.69) is 4.98 Å². The molecule has 1 N–H and O–H groups in total. The summed E-state index contributed by atoms with van der Waals surface area (Å²) in [5, 5.41) is 9.68. The molecule has 2 aromatic rings. The molecule has 2 aromatic heterocycles. The molecule has 0 aliphatic carbocycles. The zero-order valence-electron chi connectivity index (χ0n) is 10.7. The summed E-state index contributed by atoms with van der Waals surface area (Å²) in [6.07, 6.45) is 3.64. The van der Waals surface area contributed by atoms with Crippen LogP contribution in [0.4, 0.5) is 5.69 Å². The summed E-state index contributed by atoms with van der Waals surface area (Å²) in [5.74, 6) is 0.912. The van der Waals surface area contributed by atoms with Gasteiger partial charge in [0.2, 0.25) is 0 Å². The Bertz CT molecular complexity index is 465. The number of nitrogens with zero attached hydrogens (tertiary/aromatic N) is 2. The summed E-state index contributed by atoms with van der Waals surface area (Å²) < 4.78 is 5.30. The van der Waals surface area contributed by atoms with Gasteiger partial charge in [0.1, 0.15) is 5.76 Å². The molecule has 0 radical (unpaired) electrons. The summed E-state index contributed by atoms with van der Waals surface area (Å²) in [4.78, 5) is 6.33. The molecule has 0 aliphatic heterocycles. The van der Waals surface area contributed by atoms with Gasteiger partial charge in [0.05, 0.1) is 36.5 Å². The molecule has 1 atom stereocenters. The van der Waals surface area contributed by atoms with Crippen molar-refractivity contribution in [2.75, 3.05) is 11.9 Å². The van der Waals surface area contributed by atoms with Gasteiger partial charge in [-0.25, -0.2) is 0 Å². The molecule has 0 unspecified atom stereocenters. The molecule has 2 heterocycles. The van der Waals surface area contributed by atoms with Crippen LogP contribution in [0.25, 0.3) is 0 Å². The van der Waals surface area contributed by atoms with Crippen molar-refractivity contribution in [3.8, 4) is 0 Å². The van der Waals surface area contributed by atoms with Gasteiger partial charge in [0.25, 0.3) is 0 Å². The fourth-order valence-corrected chi connectivity index (χ4v) is 1.76. The highest BCUT2D eigenvalue weighted by Gasteiger charge is 2.08. The lowest BCUT2D eigenvalue weighted by Crippen LogP contribution is -2.16. The number of pyridine rings is 1. The Morgan fingerprint density at radius 1 is 1.39 bits per heavy atom. The van der Waals surface area contributed by atoms with E-state index in [0.717, 1.165) is 11.4 Å². The molecular weight excluding hydrogens is 228 g/mol. The van der Waals surface area contributed by atoms with E-state index in [1.165, 1.54) is 0 Å². The monoisotopic (exact) mass is 246 g/mol. The second-order valence-corrected chi connectivity index (χ2v) is 4.30. The SMILES string of the molecule is CC[C@H](O)c1ccc(N(C)Cc2ccco2)cn1. The van der Waals surface area contributed by atoms with E-state index in [4.69, 9.17) is 4.42 Å². The normalized spacial score (nSPS) is 12.4. The number of hydrogen-bond acceptors (Lipinski definition) is 4. The van der Waals surface area contributed by atoms with Crippen LogP contribution in [0.3, 0.4) is 0 Å². The van der Waals surface area contributed by atoms with Crippen molar-refractivity contribution in [3.63, 3.8) is 0 Å². The van der Waals surface area contributed by atoms with Crippen LogP contribution >= 0.6 is 0 Å². The number of furan rings is 1. The van der Waals surface area contributed by atoms with Crippen LogP contribution in [0.1, 0.15) is 30.9 Å². The molecule has 0 fully saturated rings. The molecule has 4 nitrogen and oxygen atoms in total. The van der Waals surface area contributed by atoms with Gasteiger partial charge in [-0.2, -0.15) is 0 Å². The van der Waals surface area contributed by atoms with E-state index in [1.54, 1.807) is 12.5 Å². The van der Waals surface area contributed by atoms with E-state index in [0.29, 0.717) is 18.7 Å². The molecule has 2 rings (SSSR count). The molecule has 0 spiro atoms. The highest BCUT2D eigenvalue weighted by Crippen LogP contribution is 2.18. The highest BCUT2D eigenvalue weighted by molar-refractivity contribution is 5.44. The Morgan fingerprint density at radius 3 is 2.78 bits per heavy atom.